The molecule has 0 aliphatic carbocycles. The van der Waals surface area contributed by atoms with Gasteiger partial charge in [-0.25, -0.2) is 9.97 Å². The third-order valence-electron chi connectivity index (χ3n) is 11.5. The number of likely N-dealkylation sites (tertiary alicyclic amines) is 2. The Bertz CT molecular complexity index is 2370. The first-order chi connectivity index (χ1) is 30.4. The zero-order chi connectivity index (χ0) is 45.0. The van der Waals surface area contributed by atoms with E-state index in [-0.39, 0.29) is 42.8 Å². The molecule has 0 radical (unpaired) electrons. The standard InChI is InChI=1S/C25H31N3O3.C21H23N3O3.C4H9Br.Na.H/c1-17(2)16-28-23-8-6-5-7-22(23)26-24(28)18-9-11-27(12-10-18)25(29)19-13-20(30-3)15-21(14-19)31-4;1-26-16-11-15(12-17(13-16)27-2)21(25)24-9-7-14(8-10-24)20-22-18-5-3-4-6-19(18)23-20;1-4(2)3-5;;/h5-8,13-15,17-18H,9-12,16H2,1-4H3;3-6,11-14H,7-10H2,1-2H3,(H,22,23);4H,3H2,1-2H3;;/q;;;+1;-1. The number of amides is 2. The minimum absolute atomic E-state index is 0. The number of aromatic amines is 1. The molecule has 12 nitrogen and oxygen atoms in total. The Morgan fingerprint density at radius 1 is 0.656 bits per heavy atom. The van der Waals surface area contributed by atoms with Crippen LogP contribution in [-0.4, -0.2) is 101 Å². The Labute approximate surface area is 410 Å². The molecular formula is C50H64BrN6NaO6. The molecule has 2 fully saturated rings. The summed E-state index contributed by atoms with van der Waals surface area (Å²) < 4.78 is 23.6. The number of nitrogens with zero attached hydrogens (tertiary/aromatic N) is 5. The topological polar surface area (TPSA) is 124 Å². The number of rotatable bonds is 11. The van der Waals surface area contributed by atoms with Crippen molar-refractivity contribution < 1.29 is 59.5 Å². The number of halogens is 1. The van der Waals surface area contributed by atoms with E-state index in [4.69, 9.17) is 28.9 Å². The van der Waals surface area contributed by atoms with Crippen LogP contribution >= 0.6 is 15.9 Å². The van der Waals surface area contributed by atoms with Gasteiger partial charge < -0.3 is 39.7 Å². The largest absolute Gasteiger partial charge is 1.00 e. The van der Waals surface area contributed by atoms with Crippen molar-refractivity contribution in [2.45, 2.75) is 71.8 Å². The van der Waals surface area contributed by atoms with Gasteiger partial charge in [-0.15, -0.1) is 0 Å². The van der Waals surface area contributed by atoms with Gasteiger partial charge in [0.05, 0.1) is 50.5 Å². The molecule has 2 amide bonds. The van der Waals surface area contributed by atoms with Crippen molar-refractivity contribution in [3.8, 4) is 23.0 Å². The summed E-state index contributed by atoms with van der Waals surface area (Å²) in [6.45, 7) is 12.6. The van der Waals surface area contributed by atoms with Crippen molar-refractivity contribution in [1.82, 2.24) is 29.3 Å². The van der Waals surface area contributed by atoms with Gasteiger partial charge in [-0.2, -0.15) is 0 Å². The number of benzene rings is 4. The average Bonchev–Trinajstić information content (AvgIpc) is 3.93. The van der Waals surface area contributed by atoms with Crippen LogP contribution in [-0.2, 0) is 6.54 Å². The molecule has 4 heterocycles. The Kier molecular flexibility index (Phi) is 19.0. The molecule has 0 bridgehead atoms. The number of hydrogen-bond donors (Lipinski definition) is 1. The van der Waals surface area contributed by atoms with E-state index < -0.39 is 0 Å². The number of alkyl halides is 1. The number of para-hydroxylation sites is 4. The molecule has 6 aromatic rings. The fourth-order valence-corrected chi connectivity index (χ4v) is 8.05. The predicted molar refractivity (Wildman–Crippen MR) is 255 cm³/mol. The minimum atomic E-state index is 0. The van der Waals surface area contributed by atoms with Gasteiger partial charge in [0.25, 0.3) is 11.8 Å². The van der Waals surface area contributed by atoms with Gasteiger partial charge >= 0.3 is 29.6 Å². The summed E-state index contributed by atoms with van der Waals surface area (Å²) in [4.78, 5) is 43.0. The summed E-state index contributed by atoms with van der Waals surface area (Å²) in [5.41, 5.74) is 5.51. The predicted octanol–water partition coefficient (Wildman–Crippen LogP) is 7.48. The SMILES string of the molecule is CC(C)CBr.COc1cc(OC)cc(C(=O)N2CCC(c3nc4ccccc4[nH]3)CC2)c1.COc1cc(OC)cc(C(=O)N2CCC(c3nc4ccccc4n3CC(C)C)CC2)c1.[H-].[Na+]. The van der Waals surface area contributed by atoms with Crippen LogP contribution in [0.15, 0.2) is 84.9 Å². The number of aromatic nitrogens is 4. The first-order valence-electron chi connectivity index (χ1n) is 22.0. The zero-order valence-electron chi connectivity index (χ0n) is 40.0. The average molecular weight is 948 g/mol. The smallest absolute Gasteiger partial charge is 1.00 e. The quantitative estimate of drug-likeness (QED) is 0.105. The molecule has 0 spiro atoms. The molecule has 0 saturated carbocycles. The summed E-state index contributed by atoms with van der Waals surface area (Å²) in [5, 5.41) is 1.12. The molecule has 0 unspecified atom stereocenters. The van der Waals surface area contributed by atoms with Gasteiger partial charge in [0.2, 0.25) is 0 Å². The van der Waals surface area contributed by atoms with Crippen molar-refractivity contribution in [3.63, 3.8) is 0 Å². The van der Waals surface area contributed by atoms with Crippen LogP contribution in [0.4, 0.5) is 0 Å². The van der Waals surface area contributed by atoms with Crippen molar-refractivity contribution >= 4 is 49.8 Å². The first-order valence-corrected chi connectivity index (χ1v) is 23.1. The second kappa shape index (κ2) is 24.1. The van der Waals surface area contributed by atoms with Gasteiger partial charge in [-0.1, -0.05) is 67.9 Å². The maximum absolute atomic E-state index is 13.1. The Balaban J connectivity index is 0.000000252. The molecule has 14 heteroatoms. The van der Waals surface area contributed by atoms with Crippen LogP contribution in [0.25, 0.3) is 22.1 Å². The van der Waals surface area contributed by atoms with Crippen LogP contribution in [0.3, 0.4) is 0 Å². The number of hydrogen-bond acceptors (Lipinski definition) is 8. The van der Waals surface area contributed by atoms with Crippen LogP contribution in [0.5, 0.6) is 23.0 Å². The number of carbonyl (C=O) groups is 2. The second-order valence-corrected chi connectivity index (χ2v) is 17.6. The van der Waals surface area contributed by atoms with E-state index in [1.54, 1.807) is 64.8 Å². The van der Waals surface area contributed by atoms with E-state index in [2.05, 4.69) is 71.4 Å². The monoisotopic (exact) mass is 946 g/mol. The van der Waals surface area contributed by atoms with Crippen LogP contribution < -0.4 is 48.5 Å². The number of methoxy groups -OCH3 is 4. The molecule has 4 aromatic carbocycles. The second-order valence-electron chi connectivity index (χ2n) is 17.0. The maximum Gasteiger partial charge on any atom is 1.00 e. The Morgan fingerprint density at radius 3 is 1.53 bits per heavy atom. The number of ether oxygens (including phenoxy) is 4. The summed E-state index contributed by atoms with van der Waals surface area (Å²) in [7, 11) is 6.36. The molecule has 2 saturated heterocycles. The Hall–Kier alpha value is -4.56. The molecule has 1 N–H and O–H groups in total. The summed E-state index contributed by atoms with van der Waals surface area (Å²) in [6, 6.07) is 27.1. The van der Waals surface area contributed by atoms with Crippen LogP contribution in [0.2, 0.25) is 0 Å². The maximum atomic E-state index is 13.1. The van der Waals surface area contributed by atoms with E-state index >= 15 is 0 Å². The van der Waals surface area contributed by atoms with E-state index in [1.807, 2.05) is 40.1 Å². The molecule has 2 aliphatic rings. The third-order valence-corrected chi connectivity index (χ3v) is 12.8. The van der Waals surface area contributed by atoms with Gasteiger partial charge in [-0.05, 0) is 86.1 Å². The van der Waals surface area contributed by atoms with E-state index in [0.717, 1.165) is 71.7 Å². The van der Waals surface area contributed by atoms with Crippen molar-refractivity contribution in [2.75, 3.05) is 59.9 Å². The summed E-state index contributed by atoms with van der Waals surface area (Å²) >= 11 is 3.31. The van der Waals surface area contributed by atoms with Crippen molar-refractivity contribution in [3.05, 3.63) is 108 Å². The fraction of sp³-hybridized carbons (Fsp3) is 0.440. The Morgan fingerprint density at radius 2 is 1.09 bits per heavy atom. The molecule has 0 atom stereocenters. The van der Waals surface area contributed by atoms with Gasteiger partial charge in [0, 0.05) is 73.1 Å². The van der Waals surface area contributed by atoms with Crippen molar-refractivity contribution in [2.24, 2.45) is 11.8 Å². The zero-order valence-corrected chi connectivity index (χ0v) is 42.6. The normalized spacial score (nSPS) is 14.4. The number of imidazole rings is 2. The van der Waals surface area contributed by atoms with Gasteiger partial charge in [-0.3, -0.25) is 9.59 Å². The molecular weight excluding hydrogens is 883 g/mol. The van der Waals surface area contributed by atoms with Gasteiger partial charge in [0.15, 0.2) is 0 Å². The third kappa shape index (κ3) is 12.8. The molecule has 8 rings (SSSR count). The molecule has 338 valence electrons. The molecule has 2 aromatic heterocycles. The number of H-pyrrole nitrogens is 1. The molecule has 2 aliphatic heterocycles. The number of carbonyl (C=O) groups excluding carboxylic acids is 2. The van der Waals surface area contributed by atoms with E-state index in [0.29, 0.717) is 78.1 Å². The number of piperidine rings is 2. The van der Waals surface area contributed by atoms with Gasteiger partial charge in [0.1, 0.15) is 34.6 Å². The number of fused-ring (bicyclic) bond motifs is 2. The van der Waals surface area contributed by atoms with E-state index in [9.17, 15) is 9.59 Å². The van der Waals surface area contributed by atoms with Crippen LogP contribution in [0, 0.1) is 11.8 Å². The van der Waals surface area contributed by atoms with Crippen molar-refractivity contribution in [1.29, 1.82) is 0 Å². The minimum Gasteiger partial charge on any atom is -1.00 e. The fourth-order valence-electron chi connectivity index (χ4n) is 8.05. The van der Waals surface area contributed by atoms with E-state index in [1.165, 1.54) is 5.52 Å². The summed E-state index contributed by atoms with van der Waals surface area (Å²) in [6.07, 6.45) is 3.61. The number of nitrogens with one attached hydrogen (secondary N) is 1. The first kappa shape index (κ1) is 50.4. The van der Waals surface area contributed by atoms with Crippen LogP contribution in [0.1, 0.15) is 99.0 Å². The molecule has 64 heavy (non-hydrogen) atoms. The summed E-state index contributed by atoms with van der Waals surface area (Å²) in [5.74, 6) is 6.75.